The molecule has 2 rings (SSSR count). The second-order valence-electron chi connectivity index (χ2n) is 8.50. The number of hydrogen-bond acceptors (Lipinski definition) is 4. The summed E-state index contributed by atoms with van der Waals surface area (Å²) in [7, 11) is 3.17. The Labute approximate surface area is 172 Å². The topological polar surface area (TPSA) is 83.4 Å². The van der Waals surface area contributed by atoms with Gasteiger partial charge in [-0.2, -0.15) is 0 Å². The molecule has 0 bridgehead atoms. The summed E-state index contributed by atoms with van der Waals surface area (Å²) in [6.45, 7) is 8.91. The van der Waals surface area contributed by atoms with E-state index in [1.54, 1.807) is 43.3 Å². The van der Waals surface area contributed by atoms with Crippen LogP contribution in [0.2, 0.25) is 0 Å². The largest absolute Gasteiger partial charge is 0.497 e. The highest BCUT2D eigenvalue weighted by molar-refractivity contribution is 5.96. The Hall–Kier alpha value is -2.61. The fourth-order valence-electron chi connectivity index (χ4n) is 3.29. The van der Waals surface area contributed by atoms with E-state index in [1.165, 1.54) is 4.90 Å². The maximum absolute atomic E-state index is 12.6. The van der Waals surface area contributed by atoms with Crippen LogP contribution < -0.4 is 15.0 Å². The lowest BCUT2D eigenvalue weighted by Crippen LogP contribution is -3.16. The van der Waals surface area contributed by atoms with Gasteiger partial charge in [-0.1, -0.05) is 6.07 Å². The number of hydrogen-bond donors (Lipinski definition) is 2. The molecule has 8 heteroatoms. The van der Waals surface area contributed by atoms with E-state index >= 15 is 0 Å². The van der Waals surface area contributed by atoms with Crippen LogP contribution in [0, 0.1) is 0 Å². The van der Waals surface area contributed by atoms with E-state index in [4.69, 9.17) is 4.74 Å². The van der Waals surface area contributed by atoms with Crippen molar-refractivity contribution in [3.8, 4) is 5.75 Å². The summed E-state index contributed by atoms with van der Waals surface area (Å²) in [5.41, 5.74) is 0.243. The van der Waals surface area contributed by atoms with Gasteiger partial charge in [-0.3, -0.25) is 14.4 Å². The van der Waals surface area contributed by atoms with Crippen LogP contribution in [0.15, 0.2) is 24.3 Å². The highest BCUT2D eigenvalue weighted by atomic mass is 16.5. The summed E-state index contributed by atoms with van der Waals surface area (Å²) < 4.78 is 5.15. The molecule has 1 aromatic carbocycles. The standard InChI is InChI=1S/C21H32N4O4/c1-21(2,3)22-18(26)14-24-9-11-25(12-10-24)19(27)15-23(4)20(28)16-7-6-8-17(13-16)29-5/h6-8,13H,9-12,14-15H2,1-5H3,(H,22,26)/p+1. The van der Waals surface area contributed by atoms with Crippen molar-refractivity contribution >= 4 is 17.7 Å². The van der Waals surface area contributed by atoms with Gasteiger partial charge < -0.3 is 24.8 Å². The number of carbonyl (C=O) groups is 3. The molecule has 1 aliphatic heterocycles. The Morgan fingerprint density at radius 1 is 1.21 bits per heavy atom. The van der Waals surface area contributed by atoms with Gasteiger partial charge in [-0.05, 0) is 39.0 Å². The van der Waals surface area contributed by atoms with Crippen LogP contribution in [0.1, 0.15) is 31.1 Å². The molecule has 0 spiro atoms. The van der Waals surface area contributed by atoms with Crippen LogP contribution in [0.25, 0.3) is 0 Å². The minimum Gasteiger partial charge on any atom is -0.497 e. The van der Waals surface area contributed by atoms with Gasteiger partial charge in [0.15, 0.2) is 6.54 Å². The number of likely N-dealkylation sites (N-methyl/N-ethyl adjacent to an activating group) is 1. The lowest BCUT2D eigenvalue weighted by Gasteiger charge is -2.33. The van der Waals surface area contributed by atoms with E-state index in [2.05, 4.69) is 5.32 Å². The molecule has 1 saturated heterocycles. The fraction of sp³-hybridized carbons (Fsp3) is 0.571. The summed E-state index contributed by atoms with van der Waals surface area (Å²) in [4.78, 5) is 41.6. The summed E-state index contributed by atoms with van der Waals surface area (Å²) in [6, 6.07) is 6.88. The molecule has 0 saturated carbocycles. The predicted molar refractivity (Wildman–Crippen MR) is 110 cm³/mol. The van der Waals surface area contributed by atoms with Gasteiger partial charge in [-0.25, -0.2) is 0 Å². The smallest absolute Gasteiger partial charge is 0.275 e. The number of ether oxygens (including phenoxy) is 1. The lowest BCUT2D eigenvalue weighted by molar-refractivity contribution is -0.896. The third-order valence-corrected chi connectivity index (χ3v) is 4.78. The molecule has 1 aromatic rings. The van der Waals surface area contributed by atoms with Gasteiger partial charge in [0.1, 0.15) is 5.75 Å². The monoisotopic (exact) mass is 405 g/mol. The van der Waals surface area contributed by atoms with Gasteiger partial charge in [0.05, 0.1) is 39.8 Å². The number of piperazine rings is 1. The van der Waals surface area contributed by atoms with Crippen molar-refractivity contribution < 1.29 is 24.0 Å². The number of nitrogens with zero attached hydrogens (tertiary/aromatic N) is 2. The zero-order valence-electron chi connectivity index (χ0n) is 18.1. The molecule has 1 fully saturated rings. The van der Waals surface area contributed by atoms with Crippen molar-refractivity contribution in [3.63, 3.8) is 0 Å². The van der Waals surface area contributed by atoms with Crippen LogP contribution in [0.5, 0.6) is 5.75 Å². The molecular weight excluding hydrogens is 372 g/mol. The summed E-state index contributed by atoms with van der Waals surface area (Å²) in [5.74, 6) is 0.323. The number of nitrogens with one attached hydrogen (secondary N) is 2. The maximum atomic E-state index is 12.6. The van der Waals surface area contributed by atoms with Crippen LogP contribution >= 0.6 is 0 Å². The first-order valence-corrected chi connectivity index (χ1v) is 9.91. The van der Waals surface area contributed by atoms with E-state index in [-0.39, 0.29) is 29.8 Å². The Morgan fingerprint density at radius 2 is 1.86 bits per heavy atom. The van der Waals surface area contributed by atoms with Crippen molar-refractivity contribution in [2.75, 3.05) is 53.4 Å². The zero-order valence-corrected chi connectivity index (χ0v) is 18.1. The number of quaternary nitrogens is 1. The van der Waals surface area contributed by atoms with Gasteiger partial charge in [-0.15, -0.1) is 0 Å². The number of amides is 3. The predicted octanol–water partition coefficient (Wildman–Crippen LogP) is -0.591. The van der Waals surface area contributed by atoms with Gasteiger partial charge in [0.25, 0.3) is 11.8 Å². The number of benzene rings is 1. The SMILES string of the molecule is COc1cccc(C(=O)N(C)CC(=O)N2CC[NH+](CC(=O)NC(C)(C)C)CC2)c1. The lowest BCUT2D eigenvalue weighted by atomic mass is 10.1. The third-order valence-electron chi connectivity index (χ3n) is 4.78. The van der Waals surface area contributed by atoms with Gasteiger partial charge in [0, 0.05) is 18.2 Å². The van der Waals surface area contributed by atoms with Gasteiger partial charge in [0.2, 0.25) is 5.91 Å². The average molecular weight is 406 g/mol. The van der Waals surface area contributed by atoms with E-state index < -0.39 is 0 Å². The Morgan fingerprint density at radius 3 is 2.45 bits per heavy atom. The first-order chi connectivity index (χ1) is 13.6. The molecule has 0 radical (unpaired) electrons. The molecule has 1 heterocycles. The summed E-state index contributed by atoms with van der Waals surface area (Å²) >= 11 is 0. The molecule has 8 nitrogen and oxygen atoms in total. The van der Waals surface area contributed by atoms with Crippen LogP contribution in [0.4, 0.5) is 0 Å². The van der Waals surface area contributed by atoms with Crippen LogP contribution in [-0.2, 0) is 9.59 Å². The molecule has 0 aliphatic carbocycles. The maximum Gasteiger partial charge on any atom is 0.275 e. The van der Waals surface area contributed by atoms with E-state index in [0.717, 1.165) is 18.0 Å². The molecule has 0 aromatic heterocycles. The zero-order chi connectivity index (χ0) is 21.6. The minimum atomic E-state index is -0.242. The molecule has 1 aliphatic rings. The Balaban J connectivity index is 1.81. The highest BCUT2D eigenvalue weighted by Gasteiger charge is 2.27. The van der Waals surface area contributed by atoms with Crippen molar-refractivity contribution in [2.24, 2.45) is 0 Å². The number of carbonyl (C=O) groups excluding carboxylic acids is 3. The molecule has 2 N–H and O–H groups in total. The second-order valence-corrected chi connectivity index (χ2v) is 8.50. The quantitative estimate of drug-likeness (QED) is 0.663. The number of rotatable bonds is 6. The Bertz CT molecular complexity index is 736. The van der Waals surface area contributed by atoms with Crippen molar-refractivity contribution in [3.05, 3.63) is 29.8 Å². The average Bonchev–Trinajstić information content (AvgIpc) is 2.66. The summed E-state index contributed by atoms with van der Waals surface area (Å²) in [5, 5.41) is 2.97. The highest BCUT2D eigenvalue weighted by Crippen LogP contribution is 2.14. The van der Waals surface area contributed by atoms with E-state index in [0.29, 0.717) is 30.9 Å². The van der Waals surface area contributed by atoms with Crippen molar-refractivity contribution in [1.82, 2.24) is 15.1 Å². The molecule has 0 atom stereocenters. The van der Waals surface area contributed by atoms with Crippen molar-refractivity contribution in [1.29, 1.82) is 0 Å². The van der Waals surface area contributed by atoms with Gasteiger partial charge >= 0.3 is 0 Å². The van der Waals surface area contributed by atoms with Crippen LogP contribution in [0.3, 0.4) is 0 Å². The number of methoxy groups -OCH3 is 1. The third kappa shape index (κ3) is 7.05. The van der Waals surface area contributed by atoms with E-state index in [9.17, 15) is 14.4 Å². The summed E-state index contributed by atoms with van der Waals surface area (Å²) in [6.07, 6.45) is 0. The molecular formula is C21H33N4O4+. The minimum absolute atomic E-state index is 0.0237. The van der Waals surface area contributed by atoms with Crippen LogP contribution in [-0.4, -0.2) is 86.5 Å². The molecule has 3 amide bonds. The van der Waals surface area contributed by atoms with E-state index in [1.807, 2.05) is 20.8 Å². The first kappa shape index (κ1) is 22.7. The molecule has 29 heavy (non-hydrogen) atoms. The molecule has 160 valence electrons. The normalized spacial score (nSPS) is 15.0. The Kier molecular flexibility index (Phi) is 7.61. The van der Waals surface area contributed by atoms with Crippen molar-refractivity contribution in [2.45, 2.75) is 26.3 Å². The second kappa shape index (κ2) is 9.73. The molecule has 0 unspecified atom stereocenters. The fourth-order valence-corrected chi connectivity index (χ4v) is 3.29. The first-order valence-electron chi connectivity index (χ1n) is 9.91.